The Bertz CT molecular complexity index is 990. The summed E-state index contributed by atoms with van der Waals surface area (Å²) in [6, 6.07) is 21.4. The molecular weight excluding hydrogens is 380 g/mol. The van der Waals surface area contributed by atoms with Crippen LogP contribution in [0.5, 0.6) is 5.75 Å². The first-order valence-electron chi connectivity index (χ1n) is 10.3. The molecule has 1 saturated carbocycles. The fourth-order valence-corrected chi connectivity index (χ4v) is 5.53. The maximum Gasteiger partial charge on any atom is 0.343 e. The summed E-state index contributed by atoms with van der Waals surface area (Å²) in [6.45, 7) is 0. The van der Waals surface area contributed by atoms with Crippen molar-refractivity contribution in [2.24, 2.45) is 0 Å². The van der Waals surface area contributed by atoms with Gasteiger partial charge in [0.25, 0.3) is 0 Å². The Labute approximate surface area is 175 Å². The summed E-state index contributed by atoms with van der Waals surface area (Å²) in [6.07, 6.45) is 6.04. The molecule has 3 nitrogen and oxygen atoms in total. The lowest BCUT2D eigenvalue weighted by Crippen LogP contribution is -2.35. The second kappa shape index (κ2) is 8.91. The molecule has 1 aliphatic rings. The summed E-state index contributed by atoms with van der Waals surface area (Å²) in [5, 5.41) is 10.9. The second-order valence-electron chi connectivity index (χ2n) is 7.78. The Morgan fingerprint density at radius 1 is 0.931 bits per heavy atom. The van der Waals surface area contributed by atoms with E-state index in [2.05, 4.69) is 12.1 Å². The van der Waals surface area contributed by atoms with E-state index in [1.807, 2.05) is 48.5 Å². The second-order valence-corrected chi connectivity index (χ2v) is 8.95. The van der Waals surface area contributed by atoms with Crippen LogP contribution >= 0.6 is 11.8 Å². The summed E-state index contributed by atoms with van der Waals surface area (Å²) in [7, 11) is 0. The first kappa shape index (κ1) is 19.8. The van der Waals surface area contributed by atoms with Crippen LogP contribution in [-0.4, -0.2) is 10.9 Å². The molecule has 29 heavy (non-hydrogen) atoms. The fourth-order valence-electron chi connectivity index (χ4n) is 4.45. The molecule has 150 valence electrons. The van der Waals surface area contributed by atoms with Crippen LogP contribution in [0, 0.1) is 0 Å². The van der Waals surface area contributed by atoms with Crippen molar-refractivity contribution in [2.45, 2.75) is 48.8 Å². The van der Waals surface area contributed by atoms with Crippen molar-refractivity contribution < 1.29 is 9.52 Å². The van der Waals surface area contributed by atoms with E-state index in [0.717, 1.165) is 43.4 Å². The van der Waals surface area contributed by atoms with Gasteiger partial charge in [-0.25, -0.2) is 4.79 Å². The van der Waals surface area contributed by atoms with Crippen molar-refractivity contribution in [2.75, 3.05) is 5.75 Å². The highest BCUT2D eigenvalue weighted by atomic mass is 32.2. The summed E-state index contributed by atoms with van der Waals surface area (Å²) in [5.74, 6) is 1.40. The Balaban J connectivity index is 1.63. The van der Waals surface area contributed by atoms with Gasteiger partial charge >= 0.3 is 5.63 Å². The smallest absolute Gasteiger partial charge is 0.343 e. The Morgan fingerprint density at radius 2 is 1.59 bits per heavy atom. The van der Waals surface area contributed by atoms with Gasteiger partial charge in [0.1, 0.15) is 11.5 Å². The zero-order chi connectivity index (χ0) is 20.1. The first-order chi connectivity index (χ1) is 14.2. The van der Waals surface area contributed by atoms with Gasteiger partial charge in [-0.1, -0.05) is 67.8 Å². The number of aromatic hydroxyl groups is 1. The van der Waals surface area contributed by atoms with Crippen molar-refractivity contribution in [1.29, 1.82) is 0 Å². The van der Waals surface area contributed by atoms with Crippen LogP contribution in [0.4, 0.5) is 0 Å². The third kappa shape index (κ3) is 4.43. The average molecular weight is 407 g/mol. The number of rotatable bonds is 6. The predicted octanol–water partition coefficient (Wildman–Crippen LogP) is 6.40. The molecule has 1 aromatic heterocycles. The highest BCUT2D eigenvalue weighted by molar-refractivity contribution is 7.99. The molecule has 0 aliphatic heterocycles. The van der Waals surface area contributed by atoms with Crippen LogP contribution in [0.15, 0.2) is 80.8 Å². The molecule has 1 aliphatic carbocycles. The third-order valence-corrected chi connectivity index (χ3v) is 6.94. The van der Waals surface area contributed by atoms with Gasteiger partial charge in [0.2, 0.25) is 0 Å². The zero-order valence-electron chi connectivity index (χ0n) is 16.5. The largest absolute Gasteiger partial charge is 0.507 e. The lowest BCUT2D eigenvalue weighted by molar-refractivity contribution is 0.265. The van der Waals surface area contributed by atoms with Crippen molar-refractivity contribution in [3.63, 3.8) is 0 Å². The maximum atomic E-state index is 13.0. The van der Waals surface area contributed by atoms with E-state index in [0.29, 0.717) is 11.3 Å². The van der Waals surface area contributed by atoms with Crippen LogP contribution in [0.3, 0.4) is 0 Å². The van der Waals surface area contributed by atoms with Gasteiger partial charge in [-0.15, -0.1) is 11.8 Å². The number of benzene rings is 2. The van der Waals surface area contributed by atoms with Crippen molar-refractivity contribution >= 4 is 11.8 Å². The monoisotopic (exact) mass is 406 g/mol. The molecule has 1 heterocycles. The lowest BCUT2D eigenvalue weighted by atomic mass is 9.68. The van der Waals surface area contributed by atoms with E-state index in [4.69, 9.17) is 4.42 Å². The molecule has 0 bridgehead atoms. The molecule has 1 fully saturated rings. The first-order valence-corrected chi connectivity index (χ1v) is 11.3. The minimum atomic E-state index is -0.393. The quantitative estimate of drug-likeness (QED) is 0.481. The SMILES string of the molecule is O=c1oc(-c2ccccc2)cc(O)c1C1(CCSc2ccccc2)CCCCC1. The molecule has 0 spiro atoms. The molecule has 3 aromatic rings. The molecule has 0 radical (unpaired) electrons. The molecule has 1 N–H and O–H groups in total. The standard InChI is InChI=1S/C25H26O3S/c26-21-18-22(19-10-4-1-5-11-19)28-24(27)23(21)25(14-8-3-9-15-25)16-17-29-20-12-6-2-7-13-20/h1-2,4-7,10-13,18,26H,3,8-9,14-17H2. The normalized spacial score (nSPS) is 15.9. The highest BCUT2D eigenvalue weighted by Crippen LogP contribution is 2.45. The van der Waals surface area contributed by atoms with Crippen LogP contribution < -0.4 is 5.63 Å². The summed E-state index contributed by atoms with van der Waals surface area (Å²) < 4.78 is 5.70. The van der Waals surface area contributed by atoms with Gasteiger partial charge in [-0.05, 0) is 37.1 Å². The maximum absolute atomic E-state index is 13.0. The fraction of sp³-hybridized carbons (Fsp3) is 0.320. The summed E-state index contributed by atoms with van der Waals surface area (Å²) >= 11 is 1.80. The van der Waals surface area contributed by atoms with Crippen LogP contribution in [0.25, 0.3) is 11.3 Å². The van der Waals surface area contributed by atoms with E-state index < -0.39 is 5.63 Å². The van der Waals surface area contributed by atoms with Gasteiger partial charge in [-0.3, -0.25) is 0 Å². The Kier molecular flexibility index (Phi) is 6.10. The summed E-state index contributed by atoms with van der Waals surface area (Å²) in [5.41, 5.74) is 0.574. The van der Waals surface area contributed by atoms with E-state index in [1.54, 1.807) is 17.8 Å². The molecule has 4 heteroatoms. The van der Waals surface area contributed by atoms with Crippen LogP contribution in [0.2, 0.25) is 0 Å². The average Bonchev–Trinajstić information content (AvgIpc) is 2.75. The summed E-state index contributed by atoms with van der Waals surface area (Å²) in [4.78, 5) is 14.3. The molecular formula is C25H26O3S. The predicted molar refractivity (Wildman–Crippen MR) is 119 cm³/mol. The van der Waals surface area contributed by atoms with Crippen molar-refractivity contribution in [3.05, 3.63) is 82.7 Å². The topological polar surface area (TPSA) is 50.4 Å². The third-order valence-electron chi connectivity index (χ3n) is 5.92. The number of thioether (sulfide) groups is 1. The highest BCUT2D eigenvalue weighted by Gasteiger charge is 2.39. The van der Waals surface area contributed by atoms with E-state index in [9.17, 15) is 9.90 Å². The van der Waals surface area contributed by atoms with Crippen LogP contribution in [0.1, 0.15) is 44.1 Å². The lowest BCUT2D eigenvalue weighted by Gasteiger charge is -2.37. The molecule has 0 amide bonds. The van der Waals surface area contributed by atoms with Crippen molar-refractivity contribution in [3.8, 4) is 17.1 Å². The molecule has 0 atom stereocenters. The zero-order valence-corrected chi connectivity index (χ0v) is 17.3. The number of hydrogen-bond donors (Lipinski definition) is 1. The van der Waals surface area contributed by atoms with Crippen LogP contribution in [-0.2, 0) is 5.41 Å². The molecule has 0 unspecified atom stereocenters. The molecule has 4 rings (SSSR count). The van der Waals surface area contributed by atoms with Gasteiger partial charge < -0.3 is 9.52 Å². The van der Waals surface area contributed by atoms with E-state index >= 15 is 0 Å². The van der Waals surface area contributed by atoms with E-state index in [-0.39, 0.29) is 11.2 Å². The van der Waals surface area contributed by atoms with Gasteiger partial charge in [0.15, 0.2) is 0 Å². The minimum absolute atomic E-state index is 0.0757. The van der Waals surface area contributed by atoms with Crippen molar-refractivity contribution in [1.82, 2.24) is 0 Å². The molecule has 2 aromatic carbocycles. The van der Waals surface area contributed by atoms with E-state index in [1.165, 1.54) is 11.3 Å². The number of hydrogen-bond acceptors (Lipinski definition) is 4. The molecule has 0 saturated heterocycles. The van der Waals surface area contributed by atoms with Gasteiger partial charge in [0, 0.05) is 21.9 Å². The Morgan fingerprint density at radius 3 is 2.24 bits per heavy atom. The van der Waals surface area contributed by atoms with Gasteiger partial charge in [-0.2, -0.15) is 0 Å². The van der Waals surface area contributed by atoms with Gasteiger partial charge in [0.05, 0.1) is 5.56 Å². The minimum Gasteiger partial charge on any atom is -0.507 e. The Hall–Kier alpha value is -2.46.